The number of alkyl carbamates (subject to hydrolysis) is 1. The molecule has 0 spiro atoms. The quantitative estimate of drug-likeness (QED) is 0.780. The standard InChI is InChI=1S/C9H9ClN2O3/c1-14-8-5(2-3-7(10)12-8)6-4-15-9(13)11-6/h2-3,6H,4H2,1H3,(H,11,13). The van der Waals surface area contributed by atoms with E-state index in [-0.39, 0.29) is 12.6 Å². The summed E-state index contributed by atoms with van der Waals surface area (Å²) in [4.78, 5) is 14.9. The van der Waals surface area contributed by atoms with E-state index in [2.05, 4.69) is 10.3 Å². The zero-order valence-corrected chi connectivity index (χ0v) is 8.75. The zero-order valence-electron chi connectivity index (χ0n) is 7.99. The minimum Gasteiger partial charge on any atom is -0.481 e. The topological polar surface area (TPSA) is 60.5 Å². The Bertz CT molecular complexity index is 397. The molecule has 1 aliphatic rings. The van der Waals surface area contributed by atoms with Crippen molar-refractivity contribution in [1.29, 1.82) is 0 Å². The van der Waals surface area contributed by atoms with Gasteiger partial charge in [0.25, 0.3) is 0 Å². The Balaban J connectivity index is 2.31. The zero-order chi connectivity index (χ0) is 10.8. The Hall–Kier alpha value is -1.49. The normalized spacial score (nSPS) is 19.6. The molecule has 2 heterocycles. The maximum atomic E-state index is 10.9. The van der Waals surface area contributed by atoms with Gasteiger partial charge in [-0.2, -0.15) is 0 Å². The van der Waals surface area contributed by atoms with Crippen LogP contribution in [-0.4, -0.2) is 24.8 Å². The van der Waals surface area contributed by atoms with Crippen molar-refractivity contribution in [2.24, 2.45) is 0 Å². The van der Waals surface area contributed by atoms with E-state index in [4.69, 9.17) is 21.1 Å². The monoisotopic (exact) mass is 228 g/mol. The fourth-order valence-corrected chi connectivity index (χ4v) is 1.55. The van der Waals surface area contributed by atoms with Gasteiger partial charge in [-0.3, -0.25) is 0 Å². The second kappa shape index (κ2) is 3.94. The summed E-state index contributed by atoms with van der Waals surface area (Å²) in [5, 5.41) is 2.99. The van der Waals surface area contributed by atoms with Crippen LogP contribution in [0, 0.1) is 0 Å². The lowest BCUT2D eigenvalue weighted by molar-refractivity contribution is 0.176. The molecule has 1 aromatic heterocycles. The van der Waals surface area contributed by atoms with Crippen LogP contribution < -0.4 is 10.1 Å². The van der Waals surface area contributed by atoms with Gasteiger partial charge >= 0.3 is 6.09 Å². The molecule has 0 saturated carbocycles. The Morgan fingerprint density at radius 2 is 2.47 bits per heavy atom. The number of methoxy groups -OCH3 is 1. The molecule has 1 aromatic rings. The average molecular weight is 229 g/mol. The van der Waals surface area contributed by atoms with Gasteiger partial charge in [-0.05, 0) is 12.1 Å². The van der Waals surface area contributed by atoms with Crippen LogP contribution in [0.25, 0.3) is 0 Å². The molecular weight excluding hydrogens is 220 g/mol. The van der Waals surface area contributed by atoms with Gasteiger partial charge < -0.3 is 14.8 Å². The third-order valence-corrected chi connectivity index (χ3v) is 2.31. The summed E-state index contributed by atoms with van der Waals surface area (Å²) in [6.45, 7) is 0.276. The van der Waals surface area contributed by atoms with Crippen molar-refractivity contribution in [1.82, 2.24) is 10.3 Å². The molecule has 1 amide bonds. The molecule has 80 valence electrons. The molecule has 15 heavy (non-hydrogen) atoms. The van der Waals surface area contributed by atoms with E-state index >= 15 is 0 Å². The summed E-state index contributed by atoms with van der Waals surface area (Å²) in [6.07, 6.45) is -0.433. The van der Waals surface area contributed by atoms with E-state index in [9.17, 15) is 4.79 Å². The summed E-state index contributed by atoms with van der Waals surface area (Å²) < 4.78 is 9.85. The number of amides is 1. The van der Waals surface area contributed by atoms with Crippen molar-refractivity contribution in [3.05, 3.63) is 22.8 Å². The molecule has 1 atom stereocenters. The molecule has 0 aliphatic carbocycles. The van der Waals surface area contributed by atoms with Crippen LogP contribution in [0.1, 0.15) is 11.6 Å². The molecule has 1 saturated heterocycles. The molecule has 0 bridgehead atoms. The first-order chi connectivity index (χ1) is 7.20. The van der Waals surface area contributed by atoms with Crippen LogP contribution in [0.15, 0.2) is 12.1 Å². The number of nitrogens with one attached hydrogen (secondary N) is 1. The second-order valence-corrected chi connectivity index (χ2v) is 3.42. The van der Waals surface area contributed by atoms with E-state index < -0.39 is 6.09 Å². The van der Waals surface area contributed by atoms with E-state index in [1.807, 2.05) is 0 Å². The first kappa shape index (κ1) is 10.0. The van der Waals surface area contributed by atoms with Gasteiger partial charge in [-0.15, -0.1) is 0 Å². The van der Waals surface area contributed by atoms with Gasteiger partial charge in [0.05, 0.1) is 13.2 Å². The lowest BCUT2D eigenvalue weighted by Gasteiger charge is -2.11. The number of carbonyl (C=O) groups is 1. The number of aromatic nitrogens is 1. The van der Waals surface area contributed by atoms with Crippen molar-refractivity contribution < 1.29 is 14.3 Å². The average Bonchev–Trinajstić information content (AvgIpc) is 2.64. The van der Waals surface area contributed by atoms with Crippen molar-refractivity contribution in [3.63, 3.8) is 0 Å². The number of pyridine rings is 1. The maximum absolute atomic E-state index is 10.9. The smallest absolute Gasteiger partial charge is 0.407 e. The predicted octanol–water partition coefficient (Wildman–Crippen LogP) is 1.52. The number of rotatable bonds is 2. The number of ether oxygens (including phenoxy) is 2. The third-order valence-electron chi connectivity index (χ3n) is 2.10. The molecule has 2 rings (SSSR count). The summed E-state index contributed by atoms with van der Waals surface area (Å²) in [5.74, 6) is 0.401. The van der Waals surface area contributed by atoms with Crippen molar-refractivity contribution in [2.75, 3.05) is 13.7 Å². The number of cyclic esters (lactones) is 1. The highest BCUT2D eigenvalue weighted by Crippen LogP contribution is 2.27. The molecule has 1 unspecified atom stereocenters. The SMILES string of the molecule is COc1nc(Cl)ccc1C1COC(=O)N1. The predicted molar refractivity (Wildman–Crippen MR) is 53.0 cm³/mol. The largest absolute Gasteiger partial charge is 0.481 e. The highest BCUT2D eigenvalue weighted by atomic mass is 35.5. The van der Waals surface area contributed by atoms with Crippen molar-refractivity contribution in [2.45, 2.75) is 6.04 Å². The van der Waals surface area contributed by atoms with Crippen LogP contribution in [0.3, 0.4) is 0 Å². The fraction of sp³-hybridized carbons (Fsp3) is 0.333. The summed E-state index contributed by atoms with van der Waals surface area (Å²) in [7, 11) is 1.50. The maximum Gasteiger partial charge on any atom is 0.407 e. The number of carbonyl (C=O) groups excluding carboxylic acids is 1. The molecule has 1 N–H and O–H groups in total. The molecule has 5 nitrogen and oxygen atoms in total. The Morgan fingerprint density at radius 1 is 1.67 bits per heavy atom. The van der Waals surface area contributed by atoms with Gasteiger partial charge in [0, 0.05) is 5.56 Å². The summed E-state index contributed by atoms with van der Waals surface area (Å²) >= 11 is 5.72. The van der Waals surface area contributed by atoms with Crippen LogP contribution in [0.5, 0.6) is 5.88 Å². The lowest BCUT2D eigenvalue weighted by atomic mass is 10.1. The van der Waals surface area contributed by atoms with Crippen molar-refractivity contribution in [3.8, 4) is 5.88 Å². The minimum absolute atomic E-state index is 0.225. The van der Waals surface area contributed by atoms with Gasteiger partial charge in [-0.25, -0.2) is 9.78 Å². The van der Waals surface area contributed by atoms with E-state index in [1.54, 1.807) is 12.1 Å². The molecule has 1 aliphatic heterocycles. The molecule has 0 radical (unpaired) electrons. The first-order valence-corrected chi connectivity index (χ1v) is 4.72. The molecule has 0 aromatic carbocycles. The third kappa shape index (κ3) is 1.97. The van der Waals surface area contributed by atoms with E-state index in [1.165, 1.54) is 7.11 Å². The van der Waals surface area contributed by atoms with Crippen molar-refractivity contribution >= 4 is 17.7 Å². The van der Waals surface area contributed by atoms with Crippen LogP contribution in [0.4, 0.5) is 4.79 Å². The number of hydrogen-bond donors (Lipinski definition) is 1. The van der Waals surface area contributed by atoms with Crippen LogP contribution in [0.2, 0.25) is 5.15 Å². The lowest BCUT2D eigenvalue weighted by Crippen LogP contribution is -2.19. The Labute approximate surface area is 91.3 Å². The Kier molecular flexibility index (Phi) is 2.64. The minimum atomic E-state index is -0.433. The number of halogens is 1. The molecule has 1 fully saturated rings. The van der Waals surface area contributed by atoms with Crippen LogP contribution >= 0.6 is 11.6 Å². The Morgan fingerprint density at radius 3 is 3.07 bits per heavy atom. The summed E-state index contributed by atoms with van der Waals surface area (Å²) in [6, 6.07) is 3.18. The van der Waals surface area contributed by atoms with Gasteiger partial charge in [0.2, 0.25) is 5.88 Å². The van der Waals surface area contributed by atoms with E-state index in [0.717, 1.165) is 5.56 Å². The summed E-state index contributed by atoms with van der Waals surface area (Å²) in [5.41, 5.74) is 0.757. The molecule has 6 heteroatoms. The van der Waals surface area contributed by atoms with Crippen LogP contribution in [-0.2, 0) is 4.74 Å². The van der Waals surface area contributed by atoms with E-state index in [0.29, 0.717) is 11.0 Å². The number of hydrogen-bond acceptors (Lipinski definition) is 4. The highest BCUT2D eigenvalue weighted by molar-refractivity contribution is 6.29. The second-order valence-electron chi connectivity index (χ2n) is 3.03. The highest BCUT2D eigenvalue weighted by Gasteiger charge is 2.27. The molecular formula is C9H9ClN2O3. The van der Waals surface area contributed by atoms with Gasteiger partial charge in [0.1, 0.15) is 11.8 Å². The van der Waals surface area contributed by atoms with Gasteiger partial charge in [0.15, 0.2) is 0 Å². The first-order valence-electron chi connectivity index (χ1n) is 4.34. The number of nitrogens with zero attached hydrogens (tertiary/aromatic N) is 1. The van der Waals surface area contributed by atoms with Gasteiger partial charge in [-0.1, -0.05) is 11.6 Å². The fourth-order valence-electron chi connectivity index (χ4n) is 1.41.